The van der Waals surface area contributed by atoms with Crippen LogP contribution < -0.4 is 0 Å². The molecule has 2 aromatic heterocycles. The molecule has 19 heavy (non-hydrogen) atoms. The molecule has 0 bridgehead atoms. The maximum Gasteiger partial charge on any atom is 0.138 e. The number of para-hydroxylation sites is 2. The zero-order chi connectivity index (χ0) is 12.7. The summed E-state index contributed by atoms with van der Waals surface area (Å²) >= 11 is 0. The summed E-state index contributed by atoms with van der Waals surface area (Å²) in [6.45, 7) is 0. The SMILES string of the molecule is c1cnc2ccc(-c3nc4ccccc4[nH]3)cc2c1. The van der Waals surface area contributed by atoms with Crippen molar-refractivity contribution < 1.29 is 0 Å². The van der Waals surface area contributed by atoms with Crippen LogP contribution in [0.1, 0.15) is 0 Å². The molecule has 0 amide bonds. The molecule has 2 heterocycles. The van der Waals surface area contributed by atoms with Gasteiger partial charge in [0, 0.05) is 17.1 Å². The largest absolute Gasteiger partial charge is 0.338 e. The minimum atomic E-state index is 0.895. The zero-order valence-corrected chi connectivity index (χ0v) is 10.2. The second-order valence-corrected chi connectivity index (χ2v) is 4.51. The molecule has 4 aromatic rings. The Balaban J connectivity index is 1.93. The Hall–Kier alpha value is -2.68. The second kappa shape index (κ2) is 3.92. The first-order valence-corrected chi connectivity index (χ1v) is 6.20. The number of fused-ring (bicyclic) bond motifs is 2. The first-order chi connectivity index (χ1) is 9.40. The van der Waals surface area contributed by atoms with Gasteiger partial charge in [0.2, 0.25) is 0 Å². The van der Waals surface area contributed by atoms with Crippen LogP contribution in [0.4, 0.5) is 0 Å². The Labute approximate surface area is 110 Å². The highest BCUT2D eigenvalue weighted by Crippen LogP contribution is 2.23. The van der Waals surface area contributed by atoms with E-state index in [0.717, 1.165) is 33.3 Å². The second-order valence-electron chi connectivity index (χ2n) is 4.51. The fraction of sp³-hybridized carbons (Fsp3) is 0. The van der Waals surface area contributed by atoms with E-state index in [1.54, 1.807) is 0 Å². The van der Waals surface area contributed by atoms with Crippen LogP contribution in [-0.4, -0.2) is 15.0 Å². The standard InChI is InChI=1S/C16H11N3/c1-2-6-15-14(5-1)18-16(19-15)12-7-8-13-11(10-12)4-3-9-17-13/h1-10H,(H,18,19). The van der Waals surface area contributed by atoms with Gasteiger partial charge >= 0.3 is 0 Å². The minimum absolute atomic E-state index is 0.895. The highest BCUT2D eigenvalue weighted by atomic mass is 14.9. The van der Waals surface area contributed by atoms with E-state index in [0.29, 0.717) is 0 Å². The monoisotopic (exact) mass is 245 g/mol. The number of hydrogen-bond acceptors (Lipinski definition) is 2. The average molecular weight is 245 g/mol. The smallest absolute Gasteiger partial charge is 0.138 e. The van der Waals surface area contributed by atoms with E-state index in [9.17, 15) is 0 Å². The van der Waals surface area contributed by atoms with Gasteiger partial charge in [-0.05, 0) is 36.4 Å². The number of H-pyrrole nitrogens is 1. The summed E-state index contributed by atoms with van der Waals surface area (Å²) < 4.78 is 0. The van der Waals surface area contributed by atoms with Crippen LogP contribution in [0.15, 0.2) is 60.8 Å². The van der Waals surface area contributed by atoms with Gasteiger partial charge < -0.3 is 4.98 Å². The number of benzene rings is 2. The van der Waals surface area contributed by atoms with Crippen LogP contribution in [0.5, 0.6) is 0 Å². The summed E-state index contributed by atoms with van der Waals surface area (Å²) in [4.78, 5) is 12.3. The zero-order valence-electron chi connectivity index (χ0n) is 10.2. The van der Waals surface area contributed by atoms with Gasteiger partial charge in [-0.15, -0.1) is 0 Å². The minimum Gasteiger partial charge on any atom is -0.338 e. The van der Waals surface area contributed by atoms with E-state index in [-0.39, 0.29) is 0 Å². The number of imidazole rings is 1. The molecule has 0 spiro atoms. The van der Waals surface area contributed by atoms with Crippen LogP contribution in [0.2, 0.25) is 0 Å². The lowest BCUT2D eigenvalue weighted by atomic mass is 10.1. The predicted molar refractivity (Wildman–Crippen MR) is 76.8 cm³/mol. The third kappa shape index (κ3) is 1.67. The molecule has 0 saturated heterocycles. The van der Waals surface area contributed by atoms with Crippen molar-refractivity contribution in [2.75, 3.05) is 0 Å². The van der Waals surface area contributed by atoms with Gasteiger partial charge in [0.15, 0.2) is 0 Å². The lowest BCUT2D eigenvalue weighted by molar-refractivity contribution is 1.33. The summed E-state index contributed by atoms with van der Waals surface area (Å²) in [7, 11) is 0. The molecular formula is C16H11N3. The third-order valence-electron chi connectivity index (χ3n) is 3.27. The summed E-state index contributed by atoms with van der Waals surface area (Å²) in [5.74, 6) is 0.895. The fourth-order valence-electron chi connectivity index (χ4n) is 2.31. The normalized spacial score (nSPS) is 11.2. The molecule has 1 N–H and O–H groups in total. The van der Waals surface area contributed by atoms with Crippen LogP contribution in [0, 0.1) is 0 Å². The number of hydrogen-bond donors (Lipinski definition) is 1. The molecule has 2 aromatic carbocycles. The first-order valence-electron chi connectivity index (χ1n) is 6.20. The molecule has 0 aliphatic heterocycles. The molecule has 3 nitrogen and oxygen atoms in total. The Morgan fingerprint density at radius 3 is 2.74 bits per heavy atom. The van der Waals surface area contributed by atoms with E-state index in [2.05, 4.69) is 27.1 Å². The molecule has 0 unspecified atom stereocenters. The highest BCUT2D eigenvalue weighted by molar-refractivity contribution is 5.85. The van der Waals surface area contributed by atoms with Gasteiger partial charge in [0.25, 0.3) is 0 Å². The van der Waals surface area contributed by atoms with Crippen LogP contribution in [0.25, 0.3) is 33.3 Å². The molecule has 0 aliphatic rings. The summed E-state index contributed by atoms with van der Waals surface area (Å²) in [6, 6.07) is 18.3. The molecule has 0 saturated carbocycles. The van der Waals surface area contributed by atoms with Gasteiger partial charge in [-0.2, -0.15) is 0 Å². The molecule has 0 radical (unpaired) electrons. The van der Waals surface area contributed by atoms with Crippen molar-refractivity contribution in [2.24, 2.45) is 0 Å². The lowest BCUT2D eigenvalue weighted by Crippen LogP contribution is -1.82. The van der Waals surface area contributed by atoms with Crippen molar-refractivity contribution in [3.05, 3.63) is 60.8 Å². The fourth-order valence-corrected chi connectivity index (χ4v) is 2.31. The molecule has 0 fully saturated rings. The van der Waals surface area contributed by atoms with Crippen molar-refractivity contribution in [2.45, 2.75) is 0 Å². The molecule has 0 atom stereocenters. The molecule has 90 valence electrons. The van der Waals surface area contributed by atoms with Gasteiger partial charge in [0.1, 0.15) is 5.82 Å². The highest BCUT2D eigenvalue weighted by Gasteiger charge is 2.05. The Morgan fingerprint density at radius 1 is 0.842 bits per heavy atom. The van der Waals surface area contributed by atoms with Crippen LogP contribution >= 0.6 is 0 Å². The maximum absolute atomic E-state index is 4.61. The summed E-state index contributed by atoms with van der Waals surface area (Å²) in [5.41, 5.74) is 4.13. The van der Waals surface area contributed by atoms with Gasteiger partial charge in [-0.1, -0.05) is 18.2 Å². The van der Waals surface area contributed by atoms with Gasteiger partial charge in [0.05, 0.1) is 16.6 Å². The Morgan fingerprint density at radius 2 is 1.79 bits per heavy atom. The van der Waals surface area contributed by atoms with E-state index in [4.69, 9.17) is 0 Å². The van der Waals surface area contributed by atoms with Crippen molar-refractivity contribution in [3.8, 4) is 11.4 Å². The number of rotatable bonds is 1. The molecule has 3 heteroatoms. The van der Waals surface area contributed by atoms with Crippen LogP contribution in [-0.2, 0) is 0 Å². The van der Waals surface area contributed by atoms with E-state index < -0.39 is 0 Å². The Bertz CT molecular complexity index is 844. The predicted octanol–water partition coefficient (Wildman–Crippen LogP) is 3.78. The van der Waals surface area contributed by atoms with Crippen molar-refractivity contribution >= 4 is 21.9 Å². The van der Waals surface area contributed by atoms with E-state index in [1.165, 1.54) is 0 Å². The quantitative estimate of drug-likeness (QED) is 0.554. The lowest BCUT2D eigenvalue weighted by Gasteiger charge is -1.99. The topological polar surface area (TPSA) is 41.6 Å². The molecule has 0 aliphatic carbocycles. The third-order valence-corrected chi connectivity index (χ3v) is 3.27. The van der Waals surface area contributed by atoms with E-state index >= 15 is 0 Å². The summed E-state index contributed by atoms with van der Waals surface area (Å²) in [6.07, 6.45) is 1.81. The van der Waals surface area contributed by atoms with Crippen molar-refractivity contribution in [3.63, 3.8) is 0 Å². The number of nitrogens with one attached hydrogen (secondary N) is 1. The molecule has 4 rings (SSSR count). The summed E-state index contributed by atoms with van der Waals surface area (Å²) in [5, 5.41) is 1.13. The van der Waals surface area contributed by atoms with Crippen LogP contribution in [0.3, 0.4) is 0 Å². The van der Waals surface area contributed by atoms with Crippen molar-refractivity contribution in [1.82, 2.24) is 15.0 Å². The van der Waals surface area contributed by atoms with Crippen molar-refractivity contribution in [1.29, 1.82) is 0 Å². The van der Waals surface area contributed by atoms with Gasteiger partial charge in [-0.3, -0.25) is 4.98 Å². The van der Waals surface area contributed by atoms with Gasteiger partial charge in [-0.25, -0.2) is 4.98 Å². The number of aromatic nitrogens is 3. The Kier molecular flexibility index (Phi) is 2.12. The number of nitrogens with zero attached hydrogens (tertiary/aromatic N) is 2. The molecular weight excluding hydrogens is 234 g/mol. The van der Waals surface area contributed by atoms with E-state index in [1.807, 2.05) is 48.7 Å². The average Bonchev–Trinajstić information content (AvgIpc) is 2.90. The number of aromatic amines is 1. The maximum atomic E-state index is 4.61. The number of pyridine rings is 1. The first kappa shape index (κ1) is 10.3.